The average molecular weight is 183 g/mol. The number of carbonyl (C=O) groups excluding carboxylic acids is 1. The Bertz CT molecular complexity index is 215. The summed E-state index contributed by atoms with van der Waals surface area (Å²) in [6, 6.07) is 0.457. The molecule has 0 bridgehead atoms. The van der Waals surface area contributed by atoms with Crippen LogP contribution in [0.2, 0.25) is 0 Å². The van der Waals surface area contributed by atoms with Crippen LogP contribution in [-0.2, 0) is 4.79 Å². The first-order valence-electron chi connectivity index (χ1n) is 4.97. The third kappa shape index (κ3) is 1.56. The second-order valence-electron chi connectivity index (χ2n) is 3.99. The van der Waals surface area contributed by atoms with E-state index in [0.29, 0.717) is 25.6 Å². The fourth-order valence-electron chi connectivity index (χ4n) is 2.13. The molecule has 2 rings (SSSR count). The number of carbonyl (C=O) groups is 1. The number of amides is 1. The number of nitrogens with zero attached hydrogens (tertiary/aromatic N) is 2. The molecule has 1 heterocycles. The fourth-order valence-corrected chi connectivity index (χ4v) is 2.13. The Hall–Kier alpha value is -0.610. The van der Waals surface area contributed by atoms with Crippen LogP contribution in [0.15, 0.2) is 0 Å². The molecule has 0 aromatic carbocycles. The van der Waals surface area contributed by atoms with E-state index < -0.39 is 0 Å². The van der Waals surface area contributed by atoms with E-state index in [1.165, 1.54) is 12.8 Å². The highest BCUT2D eigenvalue weighted by atomic mass is 16.2. The maximum atomic E-state index is 11.5. The highest BCUT2D eigenvalue weighted by molar-refractivity contribution is 5.78. The van der Waals surface area contributed by atoms with Crippen LogP contribution in [0.25, 0.3) is 0 Å². The molecule has 1 saturated carbocycles. The molecular formula is C9H17N3O. The van der Waals surface area contributed by atoms with Gasteiger partial charge >= 0.3 is 0 Å². The van der Waals surface area contributed by atoms with Gasteiger partial charge in [0.05, 0.1) is 0 Å². The predicted molar refractivity (Wildman–Crippen MR) is 49.7 cm³/mol. The van der Waals surface area contributed by atoms with Gasteiger partial charge in [-0.2, -0.15) is 0 Å². The summed E-state index contributed by atoms with van der Waals surface area (Å²) in [6.07, 6.45) is 3.28. The summed E-state index contributed by atoms with van der Waals surface area (Å²) >= 11 is 0. The molecule has 2 aliphatic rings. The van der Waals surface area contributed by atoms with Crippen LogP contribution in [0.1, 0.15) is 19.3 Å². The molecular weight excluding hydrogens is 166 g/mol. The Kier molecular flexibility index (Phi) is 2.26. The summed E-state index contributed by atoms with van der Waals surface area (Å²) in [6.45, 7) is 1.21. The largest absolute Gasteiger partial charge is 0.329 e. The first-order chi connectivity index (χ1) is 6.24. The molecule has 1 aliphatic carbocycles. The van der Waals surface area contributed by atoms with Gasteiger partial charge in [-0.25, -0.2) is 5.01 Å². The summed E-state index contributed by atoms with van der Waals surface area (Å²) in [5.74, 6) is 1.00. The quantitative estimate of drug-likeness (QED) is 0.659. The molecule has 4 nitrogen and oxygen atoms in total. The maximum absolute atomic E-state index is 11.5. The lowest BCUT2D eigenvalue weighted by Gasteiger charge is -2.27. The van der Waals surface area contributed by atoms with Gasteiger partial charge in [0.2, 0.25) is 5.91 Å². The molecule has 1 atom stereocenters. The van der Waals surface area contributed by atoms with E-state index in [4.69, 9.17) is 5.73 Å². The summed E-state index contributed by atoms with van der Waals surface area (Å²) in [5, 5.41) is 3.88. The van der Waals surface area contributed by atoms with Crippen molar-refractivity contribution in [3.05, 3.63) is 0 Å². The highest BCUT2D eigenvalue weighted by Gasteiger charge is 2.43. The Labute approximate surface area is 78.6 Å². The third-order valence-electron chi connectivity index (χ3n) is 3.04. The smallest absolute Gasteiger partial charge is 0.238 e. The molecule has 1 aliphatic heterocycles. The van der Waals surface area contributed by atoms with Crippen molar-refractivity contribution in [3.63, 3.8) is 0 Å². The van der Waals surface area contributed by atoms with Gasteiger partial charge in [0.25, 0.3) is 0 Å². The fraction of sp³-hybridized carbons (Fsp3) is 0.889. The van der Waals surface area contributed by atoms with Crippen molar-refractivity contribution in [2.75, 3.05) is 20.1 Å². The minimum absolute atomic E-state index is 0.241. The van der Waals surface area contributed by atoms with E-state index in [0.717, 1.165) is 5.92 Å². The van der Waals surface area contributed by atoms with Gasteiger partial charge in [-0.15, -0.1) is 0 Å². The number of nitrogens with two attached hydrogens (primary N) is 1. The van der Waals surface area contributed by atoms with Crippen molar-refractivity contribution in [2.24, 2.45) is 11.7 Å². The molecule has 4 heteroatoms. The lowest BCUT2D eigenvalue weighted by molar-refractivity contribution is -0.136. The zero-order chi connectivity index (χ0) is 9.42. The van der Waals surface area contributed by atoms with Crippen molar-refractivity contribution >= 4 is 5.91 Å². The number of rotatable bonds is 3. The van der Waals surface area contributed by atoms with E-state index in [2.05, 4.69) is 5.01 Å². The van der Waals surface area contributed by atoms with E-state index in [1.807, 2.05) is 7.05 Å². The molecule has 1 saturated heterocycles. The summed E-state index contributed by atoms with van der Waals surface area (Å²) < 4.78 is 0. The monoisotopic (exact) mass is 183 g/mol. The van der Waals surface area contributed by atoms with Gasteiger partial charge in [-0.3, -0.25) is 9.80 Å². The van der Waals surface area contributed by atoms with Crippen molar-refractivity contribution in [3.8, 4) is 0 Å². The van der Waals surface area contributed by atoms with E-state index in [9.17, 15) is 4.79 Å². The van der Waals surface area contributed by atoms with Gasteiger partial charge in [-0.1, -0.05) is 0 Å². The average Bonchev–Trinajstić information content (AvgIpc) is 2.88. The molecule has 0 radical (unpaired) electrons. The second kappa shape index (κ2) is 3.27. The van der Waals surface area contributed by atoms with Crippen LogP contribution < -0.4 is 5.73 Å². The molecule has 0 aromatic heterocycles. The van der Waals surface area contributed by atoms with Crippen LogP contribution in [-0.4, -0.2) is 42.1 Å². The van der Waals surface area contributed by atoms with Crippen LogP contribution in [0.3, 0.4) is 0 Å². The highest BCUT2D eigenvalue weighted by Crippen LogP contribution is 2.39. The van der Waals surface area contributed by atoms with Gasteiger partial charge in [-0.05, 0) is 18.8 Å². The van der Waals surface area contributed by atoms with E-state index in [1.54, 1.807) is 5.01 Å². The molecule has 1 amide bonds. The third-order valence-corrected chi connectivity index (χ3v) is 3.04. The lowest BCUT2D eigenvalue weighted by atomic mass is 10.1. The second-order valence-corrected chi connectivity index (χ2v) is 3.99. The first kappa shape index (κ1) is 8.97. The van der Waals surface area contributed by atoms with Gasteiger partial charge < -0.3 is 5.73 Å². The molecule has 2 N–H and O–H groups in total. The number of hydrogen-bond donors (Lipinski definition) is 1. The van der Waals surface area contributed by atoms with Crippen LogP contribution in [0.5, 0.6) is 0 Å². The normalized spacial score (nSPS) is 30.2. The summed E-state index contributed by atoms with van der Waals surface area (Å²) in [7, 11) is 2.00. The summed E-state index contributed by atoms with van der Waals surface area (Å²) in [5.41, 5.74) is 5.45. The van der Waals surface area contributed by atoms with Crippen LogP contribution in [0.4, 0.5) is 0 Å². The van der Waals surface area contributed by atoms with E-state index in [-0.39, 0.29) is 5.91 Å². The molecule has 0 aromatic rings. The minimum Gasteiger partial charge on any atom is -0.329 e. The Morgan fingerprint density at radius 1 is 1.54 bits per heavy atom. The van der Waals surface area contributed by atoms with Crippen molar-refractivity contribution < 1.29 is 4.79 Å². The van der Waals surface area contributed by atoms with E-state index >= 15 is 0 Å². The maximum Gasteiger partial charge on any atom is 0.238 e. The minimum atomic E-state index is 0.241. The predicted octanol–water partition coefficient (Wildman–Crippen LogP) is -0.197. The molecule has 2 fully saturated rings. The van der Waals surface area contributed by atoms with Gasteiger partial charge in [0.1, 0.15) is 0 Å². The van der Waals surface area contributed by atoms with Crippen LogP contribution >= 0.6 is 0 Å². The Morgan fingerprint density at radius 2 is 2.23 bits per heavy atom. The number of hydrogen-bond acceptors (Lipinski definition) is 3. The zero-order valence-electron chi connectivity index (χ0n) is 8.07. The van der Waals surface area contributed by atoms with Crippen molar-refractivity contribution in [1.82, 2.24) is 10.0 Å². The molecule has 0 spiro atoms. The standard InChI is InChI=1S/C9H17N3O/c1-11-8(7-2-3-7)6-9(13)12(11)5-4-10/h7-8H,2-6,10H2,1H3. The lowest BCUT2D eigenvalue weighted by Crippen LogP contribution is -2.42. The van der Waals surface area contributed by atoms with Gasteiger partial charge in [0, 0.05) is 32.6 Å². The molecule has 13 heavy (non-hydrogen) atoms. The Balaban J connectivity index is 2.00. The SMILES string of the molecule is CN1C(C2CC2)CC(=O)N1CCN. The molecule has 1 unspecified atom stereocenters. The topological polar surface area (TPSA) is 49.6 Å². The molecule has 74 valence electrons. The van der Waals surface area contributed by atoms with Crippen LogP contribution in [0, 0.1) is 5.92 Å². The first-order valence-corrected chi connectivity index (χ1v) is 4.97. The van der Waals surface area contributed by atoms with Crippen molar-refractivity contribution in [2.45, 2.75) is 25.3 Å². The van der Waals surface area contributed by atoms with Crippen molar-refractivity contribution in [1.29, 1.82) is 0 Å². The summed E-state index contributed by atoms with van der Waals surface area (Å²) in [4.78, 5) is 11.5. The Morgan fingerprint density at radius 3 is 2.77 bits per heavy atom. The van der Waals surface area contributed by atoms with Gasteiger partial charge in [0.15, 0.2) is 0 Å². The zero-order valence-corrected chi connectivity index (χ0v) is 8.07. The number of hydrazine groups is 1.